The molecule has 0 unspecified atom stereocenters. The first kappa shape index (κ1) is 35.5. The van der Waals surface area contributed by atoms with Gasteiger partial charge in [0, 0.05) is 80.5 Å². The number of hydrogen-bond acceptors (Lipinski definition) is 2. The zero-order chi connectivity index (χ0) is 29.9. The predicted octanol–water partition coefficient (Wildman–Crippen LogP) is 4.89. The molecule has 40 heavy (non-hydrogen) atoms. The Morgan fingerprint density at radius 3 is 1.12 bits per heavy atom. The summed E-state index contributed by atoms with van der Waals surface area (Å²) in [4.78, 5) is 22.4. The highest BCUT2D eigenvalue weighted by molar-refractivity contribution is 5.94. The van der Waals surface area contributed by atoms with Gasteiger partial charge in [0.25, 0.3) is 0 Å². The SMILES string of the molecule is CCCCCCN(C)/C(=N\C(=N)N1CCN(C(=N)/N=C(/N(C)CCC)N(C)CCCCCC)CC1)N(C)CCC. The Morgan fingerprint density at radius 1 is 0.500 bits per heavy atom. The van der Waals surface area contributed by atoms with Crippen molar-refractivity contribution in [1.82, 2.24) is 29.4 Å². The first-order valence-electron chi connectivity index (χ1n) is 15.9. The average molecular weight is 563 g/mol. The Labute approximate surface area is 246 Å². The third-order valence-corrected chi connectivity index (χ3v) is 7.47. The van der Waals surface area contributed by atoms with Gasteiger partial charge in [-0.2, -0.15) is 9.98 Å². The second-order valence-corrected chi connectivity index (χ2v) is 11.3. The minimum Gasteiger partial charge on any atom is -0.346 e. The van der Waals surface area contributed by atoms with Crippen LogP contribution < -0.4 is 0 Å². The number of unbranched alkanes of at least 4 members (excludes halogenated alkanes) is 6. The highest BCUT2D eigenvalue weighted by Gasteiger charge is 2.23. The topological polar surface area (TPSA) is 91.9 Å². The molecule has 0 radical (unpaired) electrons. The smallest absolute Gasteiger partial charge is 0.221 e. The molecule has 232 valence electrons. The van der Waals surface area contributed by atoms with Crippen LogP contribution in [0.2, 0.25) is 0 Å². The fourth-order valence-corrected chi connectivity index (χ4v) is 5.01. The summed E-state index contributed by atoms with van der Waals surface area (Å²) in [5.74, 6) is 2.36. The van der Waals surface area contributed by atoms with Crippen molar-refractivity contribution < 1.29 is 0 Å². The van der Waals surface area contributed by atoms with Crippen LogP contribution in [0.15, 0.2) is 9.98 Å². The van der Waals surface area contributed by atoms with Crippen molar-refractivity contribution in [3.05, 3.63) is 0 Å². The van der Waals surface area contributed by atoms with Crippen molar-refractivity contribution in [2.45, 2.75) is 91.9 Å². The van der Waals surface area contributed by atoms with Crippen molar-refractivity contribution >= 4 is 23.8 Å². The maximum absolute atomic E-state index is 8.79. The normalized spacial score (nSPS) is 14.4. The first-order chi connectivity index (χ1) is 19.2. The number of hydrogen-bond donors (Lipinski definition) is 2. The second kappa shape index (κ2) is 20.4. The molecule has 0 amide bonds. The molecule has 0 aromatic rings. The van der Waals surface area contributed by atoms with E-state index in [0.717, 1.165) is 63.8 Å². The molecule has 0 bridgehead atoms. The van der Waals surface area contributed by atoms with Gasteiger partial charge >= 0.3 is 0 Å². The number of nitrogens with zero attached hydrogens (tertiary/aromatic N) is 8. The molecule has 1 fully saturated rings. The number of piperazine rings is 1. The lowest BCUT2D eigenvalue weighted by Crippen LogP contribution is -2.51. The van der Waals surface area contributed by atoms with Gasteiger partial charge < -0.3 is 29.4 Å². The summed E-state index contributed by atoms with van der Waals surface area (Å²) in [6.45, 7) is 15.2. The summed E-state index contributed by atoms with van der Waals surface area (Å²) >= 11 is 0. The van der Waals surface area contributed by atoms with E-state index in [4.69, 9.17) is 20.8 Å². The molecule has 0 aromatic heterocycles. The van der Waals surface area contributed by atoms with Gasteiger partial charge in [0.15, 0.2) is 0 Å². The molecule has 0 atom stereocenters. The van der Waals surface area contributed by atoms with Gasteiger partial charge in [-0.05, 0) is 25.7 Å². The van der Waals surface area contributed by atoms with Gasteiger partial charge in [0.2, 0.25) is 23.8 Å². The summed E-state index contributed by atoms with van der Waals surface area (Å²) in [6.07, 6.45) is 11.8. The van der Waals surface area contributed by atoms with E-state index in [-0.39, 0.29) is 0 Å². The monoisotopic (exact) mass is 563 g/mol. The molecule has 1 heterocycles. The summed E-state index contributed by atoms with van der Waals surface area (Å²) in [7, 11) is 8.33. The van der Waals surface area contributed by atoms with Crippen LogP contribution in [-0.4, -0.2) is 134 Å². The van der Waals surface area contributed by atoms with Gasteiger partial charge in [0.1, 0.15) is 0 Å². The average Bonchev–Trinajstić information content (AvgIpc) is 2.94. The van der Waals surface area contributed by atoms with Crippen molar-refractivity contribution in [2.75, 3.05) is 80.5 Å². The molecule has 0 aliphatic carbocycles. The Kier molecular flexibility index (Phi) is 18.1. The molecule has 0 saturated carbocycles. The quantitative estimate of drug-likeness (QED) is 0.178. The molecule has 2 N–H and O–H groups in total. The molecule has 1 rings (SSSR count). The van der Waals surface area contributed by atoms with Gasteiger partial charge in [-0.3, -0.25) is 10.8 Å². The third-order valence-electron chi connectivity index (χ3n) is 7.47. The molecule has 10 nitrogen and oxygen atoms in total. The van der Waals surface area contributed by atoms with E-state index in [2.05, 4.69) is 75.5 Å². The Balaban J connectivity index is 2.85. The molecular weight excluding hydrogens is 500 g/mol. The maximum Gasteiger partial charge on any atom is 0.221 e. The molecule has 10 heteroatoms. The Morgan fingerprint density at radius 2 is 0.825 bits per heavy atom. The standard InChI is InChI=1S/C30H62N10/c1-9-13-15-17-21-37(7)29(35(5)19-11-3)33-27(31)39-23-25-40(26-24-39)28(32)34-30(36(6)20-12-4)38(8)22-18-16-14-10-2/h31-32H,9-26H2,1-8H3/b31-27?,32-28?,33-29-,34-30-. The van der Waals surface area contributed by atoms with E-state index in [1.807, 2.05) is 9.80 Å². The van der Waals surface area contributed by atoms with E-state index in [1.165, 1.54) is 38.5 Å². The van der Waals surface area contributed by atoms with Crippen LogP contribution in [0.3, 0.4) is 0 Å². The fraction of sp³-hybridized carbons (Fsp3) is 0.867. The van der Waals surface area contributed by atoms with E-state index < -0.39 is 0 Å². The zero-order valence-corrected chi connectivity index (χ0v) is 27.3. The van der Waals surface area contributed by atoms with Crippen LogP contribution in [0, 0.1) is 10.8 Å². The molecule has 0 aromatic carbocycles. The number of nitrogens with one attached hydrogen (secondary N) is 2. The van der Waals surface area contributed by atoms with Gasteiger partial charge in [-0.15, -0.1) is 0 Å². The van der Waals surface area contributed by atoms with Crippen molar-refractivity contribution in [1.29, 1.82) is 10.8 Å². The largest absolute Gasteiger partial charge is 0.346 e. The highest BCUT2D eigenvalue weighted by atomic mass is 15.4. The number of aliphatic imine (C=N–C) groups is 2. The van der Waals surface area contributed by atoms with Crippen LogP contribution in [0.1, 0.15) is 91.9 Å². The Bertz CT molecular complexity index is 708. The lowest BCUT2D eigenvalue weighted by Gasteiger charge is -2.36. The molecule has 1 aliphatic heterocycles. The number of guanidine groups is 4. The molecule has 0 spiro atoms. The lowest BCUT2D eigenvalue weighted by molar-refractivity contribution is 0.252. The summed E-state index contributed by atoms with van der Waals surface area (Å²) in [5, 5.41) is 17.6. The van der Waals surface area contributed by atoms with Crippen molar-refractivity contribution in [2.24, 2.45) is 9.98 Å². The number of rotatable bonds is 14. The Hall–Kier alpha value is -2.52. The van der Waals surface area contributed by atoms with Crippen molar-refractivity contribution in [3.63, 3.8) is 0 Å². The van der Waals surface area contributed by atoms with Crippen LogP contribution >= 0.6 is 0 Å². The van der Waals surface area contributed by atoms with Crippen molar-refractivity contribution in [3.8, 4) is 0 Å². The van der Waals surface area contributed by atoms with E-state index in [0.29, 0.717) is 38.1 Å². The summed E-state index contributed by atoms with van der Waals surface area (Å²) in [5.41, 5.74) is 0. The molecule has 1 saturated heterocycles. The third kappa shape index (κ3) is 12.8. The van der Waals surface area contributed by atoms with Gasteiger partial charge in [0.05, 0.1) is 0 Å². The van der Waals surface area contributed by atoms with Crippen LogP contribution in [0.4, 0.5) is 0 Å². The minimum atomic E-state index is 0.309. The van der Waals surface area contributed by atoms with Gasteiger partial charge in [-0.1, -0.05) is 66.2 Å². The lowest BCUT2D eigenvalue weighted by atomic mass is 10.2. The second-order valence-electron chi connectivity index (χ2n) is 11.3. The molecule has 1 aliphatic rings. The minimum absolute atomic E-state index is 0.309. The van der Waals surface area contributed by atoms with Crippen LogP contribution in [-0.2, 0) is 0 Å². The predicted molar refractivity (Wildman–Crippen MR) is 173 cm³/mol. The van der Waals surface area contributed by atoms with E-state index >= 15 is 0 Å². The van der Waals surface area contributed by atoms with Crippen LogP contribution in [0.25, 0.3) is 0 Å². The zero-order valence-electron chi connectivity index (χ0n) is 27.3. The van der Waals surface area contributed by atoms with Crippen LogP contribution in [0.5, 0.6) is 0 Å². The fourth-order valence-electron chi connectivity index (χ4n) is 5.01. The molecular formula is C30H62N10. The highest BCUT2D eigenvalue weighted by Crippen LogP contribution is 2.09. The summed E-state index contributed by atoms with van der Waals surface area (Å²) in [6, 6.07) is 0. The van der Waals surface area contributed by atoms with E-state index in [1.54, 1.807) is 0 Å². The maximum atomic E-state index is 8.79. The first-order valence-corrected chi connectivity index (χ1v) is 15.9. The van der Waals surface area contributed by atoms with E-state index in [9.17, 15) is 0 Å². The summed E-state index contributed by atoms with van der Waals surface area (Å²) < 4.78 is 0. The van der Waals surface area contributed by atoms with Gasteiger partial charge in [-0.25, -0.2) is 0 Å².